The number of aryl methyl sites for hydroxylation is 2. The van der Waals surface area contributed by atoms with Crippen molar-refractivity contribution < 1.29 is 19.1 Å². The molecule has 6 nitrogen and oxygen atoms in total. The molecule has 0 aliphatic carbocycles. The van der Waals surface area contributed by atoms with Crippen LogP contribution in [0.5, 0.6) is 0 Å². The fourth-order valence-electron chi connectivity index (χ4n) is 3.97. The lowest BCUT2D eigenvalue weighted by Crippen LogP contribution is -2.47. The molecule has 1 amide bonds. The first-order valence-corrected chi connectivity index (χ1v) is 9.54. The topological polar surface area (TPSA) is 79.5 Å². The lowest BCUT2D eigenvalue weighted by atomic mass is 9.96. The Kier molecular flexibility index (Phi) is 5.40. The number of Topliss-reactive ketones (excluding diaryl/α,β-unsaturated/α-hetero) is 1. The number of hydrogen-bond donors (Lipinski definition) is 1. The van der Waals surface area contributed by atoms with Gasteiger partial charge in [-0.3, -0.25) is 9.59 Å². The SMILES string of the molecule is CC(=O)c1c(C)[nH]c(C(=O)O[C@H](C)C(=O)N2c3ccccc3CC[C@@H]2C)c1C. The Hall–Kier alpha value is -2.89. The van der Waals surface area contributed by atoms with E-state index in [1.807, 2.05) is 31.2 Å². The molecule has 28 heavy (non-hydrogen) atoms. The number of esters is 1. The molecule has 0 fully saturated rings. The molecule has 0 bridgehead atoms. The van der Waals surface area contributed by atoms with Crippen LogP contribution in [-0.2, 0) is 16.0 Å². The Labute approximate surface area is 164 Å². The standard InChI is InChI=1S/C22H26N2O4/c1-12-10-11-17-8-6-7-9-18(17)24(12)21(26)16(5)28-22(27)20-13(2)19(15(4)25)14(3)23-20/h6-9,12,16,23H,10-11H2,1-5H3/t12-,16+/m0/s1. The number of hydrogen-bond acceptors (Lipinski definition) is 4. The molecule has 0 saturated carbocycles. The van der Waals surface area contributed by atoms with Crippen LogP contribution in [-0.4, -0.2) is 34.8 Å². The number of amides is 1. The zero-order chi connectivity index (χ0) is 20.6. The fourth-order valence-corrected chi connectivity index (χ4v) is 3.97. The molecule has 0 saturated heterocycles. The van der Waals surface area contributed by atoms with E-state index >= 15 is 0 Å². The molecule has 1 N–H and O–H groups in total. The Morgan fingerprint density at radius 3 is 2.54 bits per heavy atom. The Morgan fingerprint density at radius 2 is 1.89 bits per heavy atom. The number of nitrogens with zero attached hydrogens (tertiary/aromatic N) is 1. The molecular formula is C22H26N2O4. The van der Waals surface area contributed by atoms with Gasteiger partial charge in [-0.25, -0.2) is 4.79 Å². The van der Waals surface area contributed by atoms with E-state index in [9.17, 15) is 14.4 Å². The van der Waals surface area contributed by atoms with Gasteiger partial charge in [0.2, 0.25) is 0 Å². The van der Waals surface area contributed by atoms with Gasteiger partial charge in [0.05, 0.1) is 0 Å². The van der Waals surface area contributed by atoms with Gasteiger partial charge >= 0.3 is 5.97 Å². The zero-order valence-corrected chi connectivity index (χ0v) is 17.0. The Bertz CT molecular complexity index is 944. The van der Waals surface area contributed by atoms with Crippen molar-refractivity contribution in [3.8, 4) is 0 Å². The van der Waals surface area contributed by atoms with E-state index in [4.69, 9.17) is 4.74 Å². The van der Waals surface area contributed by atoms with Crippen LogP contribution in [0.4, 0.5) is 5.69 Å². The summed E-state index contributed by atoms with van der Waals surface area (Å²) in [5.74, 6) is -0.999. The number of anilines is 1. The summed E-state index contributed by atoms with van der Waals surface area (Å²) in [6.07, 6.45) is 0.842. The minimum Gasteiger partial charge on any atom is -0.448 e. The predicted molar refractivity (Wildman–Crippen MR) is 107 cm³/mol. The lowest BCUT2D eigenvalue weighted by molar-refractivity contribution is -0.127. The van der Waals surface area contributed by atoms with Crippen LogP contribution in [0, 0.1) is 13.8 Å². The number of carbonyl (C=O) groups excluding carboxylic acids is 3. The van der Waals surface area contributed by atoms with E-state index in [0.717, 1.165) is 24.1 Å². The maximum absolute atomic E-state index is 13.1. The number of benzene rings is 1. The zero-order valence-electron chi connectivity index (χ0n) is 17.0. The molecule has 2 aromatic rings. The van der Waals surface area contributed by atoms with Gasteiger partial charge in [-0.05, 0) is 64.7 Å². The molecule has 148 valence electrons. The van der Waals surface area contributed by atoms with Crippen LogP contribution in [0.25, 0.3) is 0 Å². The summed E-state index contributed by atoms with van der Waals surface area (Å²) in [5, 5.41) is 0. The number of nitrogens with one attached hydrogen (secondary N) is 1. The number of aromatic nitrogens is 1. The van der Waals surface area contributed by atoms with Crippen LogP contribution in [0.15, 0.2) is 24.3 Å². The minimum absolute atomic E-state index is 0.0299. The highest BCUT2D eigenvalue weighted by molar-refractivity contribution is 6.03. The van der Waals surface area contributed by atoms with Crippen LogP contribution in [0.2, 0.25) is 0 Å². The molecule has 1 aliphatic rings. The van der Waals surface area contributed by atoms with Gasteiger partial charge in [-0.2, -0.15) is 0 Å². The van der Waals surface area contributed by atoms with E-state index in [1.54, 1.807) is 25.7 Å². The first-order valence-electron chi connectivity index (χ1n) is 9.54. The van der Waals surface area contributed by atoms with Crippen molar-refractivity contribution in [2.24, 2.45) is 0 Å². The number of carbonyl (C=O) groups is 3. The van der Waals surface area contributed by atoms with Crippen molar-refractivity contribution in [1.29, 1.82) is 0 Å². The van der Waals surface area contributed by atoms with Crippen LogP contribution >= 0.6 is 0 Å². The van der Waals surface area contributed by atoms with E-state index in [2.05, 4.69) is 4.98 Å². The highest BCUT2D eigenvalue weighted by atomic mass is 16.5. The van der Waals surface area contributed by atoms with E-state index in [-0.39, 0.29) is 23.4 Å². The number of ketones is 1. The van der Waals surface area contributed by atoms with Gasteiger partial charge in [-0.15, -0.1) is 0 Å². The van der Waals surface area contributed by atoms with Crippen molar-refractivity contribution in [2.45, 2.75) is 59.6 Å². The third-order valence-electron chi connectivity index (χ3n) is 5.39. The molecule has 2 heterocycles. The molecule has 6 heteroatoms. The summed E-state index contributed by atoms with van der Waals surface area (Å²) in [6.45, 7) is 8.48. The second-order valence-corrected chi connectivity index (χ2v) is 7.45. The van der Waals surface area contributed by atoms with Crippen molar-refractivity contribution in [3.63, 3.8) is 0 Å². The molecule has 1 aromatic heterocycles. The predicted octanol–water partition coefficient (Wildman–Crippen LogP) is 3.75. The monoisotopic (exact) mass is 382 g/mol. The van der Waals surface area contributed by atoms with Crippen LogP contribution in [0.3, 0.4) is 0 Å². The van der Waals surface area contributed by atoms with Crippen molar-refractivity contribution in [1.82, 2.24) is 4.98 Å². The summed E-state index contributed by atoms with van der Waals surface area (Å²) in [5.41, 5.74) is 3.87. The van der Waals surface area contributed by atoms with Crippen LogP contribution < -0.4 is 4.90 Å². The summed E-state index contributed by atoms with van der Waals surface area (Å²) < 4.78 is 5.47. The van der Waals surface area contributed by atoms with Crippen molar-refractivity contribution in [3.05, 3.63) is 52.3 Å². The molecule has 2 atom stereocenters. The van der Waals surface area contributed by atoms with Crippen molar-refractivity contribution >= 4 is 23.3 Å². The quantitative estimate of drug-likeness (QED) is 0.645. The van der Waals surface area contributed by atoms with E-state index in [0.29, 0.717) is 16.8 Å². The lowest BCUT2D eigenvalue weighted by Gasteiger charge is -2.36. The molecule has 1 aliphatic heterocycles. The van der Waals surface area contributed by atoms with E-state index in [1.165, 1.54) is 6.92 Å². The fraction of sp³-hybridized carbons (Fsp3) is 0.409. The number of para-hydroxylation sites is 1. The van der Waals surface area contributed by atoms with Crippen LogP contribution in [0.1, 0.15) is 64.9 Å². The molecule has 0 unspecified atom stereocenters. The largest absolute Gasteiger partial charge is 0.448 e. The van der Waals surface area contributed by atoms with Gasteiger partial charge < -0.3 is 14.6 Å². The summed E-state index contributed by atoms with van der Waals surface area (Å²) in [7, 11) is 0. The maximum Gasteiger partial charge on any atom is 0.355 e. The van der Waals surface area contributed by atoms with Gasteiger partial charge in [0.1, 0.15) is 5.69 Å². The Morgan fingerprint density at radius 1 is 1.21 bits per heavy atom. The average Bonchev–Trinajstić information content (AvgIpc) is 2.95. The number of ether oxygens (including phenoxy) is 1. The minimum atomic E-state index is -0.940. The first kappa shape index (κ1) is 19.9. The molecule has 0 radical (unpaired) electrons. The van der Waals surface area contributed by atoms with Crippen molar-refractivity contribution in [2.75, 3.05) is 4.90 Å². The highest BCUT2D eigenvalue weighted by Crippen LogP contribution is 2.31. The Balaban J connectivity index is 1.81. The smallest absolute Gasteiger partial charge is 0.355 e. The first-order chi connectivity index (χ1) is 13.2. The summed E-state index contributed by atoms with van der Waals surface area (Å²) in [4.78, 5) is 42.2. The normalized spacial score (nSPS) is 17.0. The number of fused-ring (bicyclic) bond motifs is 1. The average molecular weight is 382 g/mol. The number of aromatic amines is 1. The summed E-state index contributed by atoms with van der Waals surface area (Å²) in [6, 6.07) is 7.84. The van der Waals surface area contributed by atoms with Gasteiger partial charge in [0.25, 0.3) is 5.91 Å². The number of rotatable bonds is 4. The maximum atomic E-state index is 13.1. The number of H-pyrrole nitrogens is 1. The van der Waals surface area contributed by atoms with Gasteiger partial charge in [-0.1, -0.05) is 18.2 Å². The summed E-state index contributed by atoms with van der Waals surface area (Å²) >= 11 is 0. The van der Waals surface area contributed by atoms with E-state index < -0.39 is 12.1 Å². The third kappa shape index (κ3) is 3.46. The molecular weight excluding hydrogens is 356 g/mol. The highest BCUT2D eigenvalue weighted by Gasteiger charge is 2.33. The second kappa shape index (κ2) is 7.62. The van der Waals surface area contributed by atoms with Gasteiger partial charge in [0.15, 0.2) is 11.9 Å². The third-order valence-corrected chi connectivity index (χ3v) is 5.39. The second-order valence-electron chi connectivity index (χ2n) is 7.45. The molecule has 0 spiro atoms. The van der Waals surface area contributed by atoms with Gasteiger partial charge in [0, 0.05) is 23.0 Å². The molecule has 1 aromatic carbocycles. The molecule has 3 rings (SSSR count).